The fraction of sp³-hybridized carbons (Fsp3) is 0.333. The maximum absolute atomic E-state index is 5.65. The van der Waals surface area contributed by atoms with E-state index in [0.29, 0.717) is 0 Å². The Balaban J connectivity index is 3.45. The molecule has 2 unspecified atom stereocenters. The van der Waals surface area contributed by atoms with E-state index in [4.69, 9.17) is 23.2 Å². The Hall–Kier alpha value is 0.410. The highest BCUT2D eigenvalue weighted by molar-refractivity contribution is 8.03. The van der Waals surface area contributed by atoms with Gasteiger partial charge in [-0.2, -0.15) is 0 Å². The van der Waals surface area contributed by atoms with E-state index in [1.54, 1.807) is 12.2 Å². The zero-order valence-corrected chi connectivity index (χ0v) is 7.22. The lowest BCUT2D eigenvalue weighted by Gasteiger charge is -2.04. The van der Waals surface area contributed by atoms with Gasteiger partial charge in [-0.05, 0) is 0 Å². The predicted octanol–water partition coefficient (Wildman–Crippen LogP) is 3.22. The van der Waals surface area contributed by atoms with Gasteiger partial charge in [0.25, 0.3) is 0 Å². The van der Waals surface area contributed by atoms with Gasteiger partial charge in [0.2, 0.25) is 0 Å². The SMILES string of the molecule is C=CC(Cl)SC(Cl)C=C. The van der Waals surface area contributed by atoms with Crippen LogP contribution in [-0.4, -0.2) is 9.42 Å². The van der Waals surface area contributed by atoms with Crippen molar-refractivity contribution in [3.63, 3.8) is 0 Å². The van der Waals surface area contributed by atoms with E-state index >= 15 is 0 Å². The zero-order chi connectivity index (χ0) is 7.28. The van der Waals surface area contributed by atoms with Gasteiger partial charge in [-0.1, -0.05) is 12.2 Å². The quantitative estimate of drug-likeness (QED) is 0.476. The molecule has 0 rings (SSSR count). The van der Waals surface area contributed by atoms with Gasteiger partial charge in [-0.25, -0.2) is 0 Å². The minimum absolute atomic E-state index is 0.120. The highest BCUT2D eigenvalue weighted by Gasteiger charge is 2.04. The third kappa shape index (κ3) is 4.89. The molecular weight excluding hydrogens is 175 g/mol. The maximum Gasteiger partial charge on any atom is 0.0985 e. The molecule has 9 heavy (non-hydrogen) atoms. The Morgan fingerprint density at radius 1 is 1.11 bits per heavy atom. The third-order valence-electron chi connectivity index (χ3n) is 0.631. The zero-order valence-electron chi connectivity index (χ0n) is 4.89. The summed E-state index contributed by atoms with van der Waals surface area (Å²) in [5.74, 6) is 0. The number of thioether (sulfide) groups is 1. The lowest BCUT2D eigenvalue weighted by molar-refractivity contribution is 1.57. The van der Waals surface area contributed by atoms with Crippen LogP contribution < -0.4 is 0 Å². The van der Waals surface area contributed by atoms with Crippen molar-refractivity contribution in [3.05, 3.63) is 25.3 Å². The molecule has 0 N–H and O–H groups in total. The molecule has 0 heterocycles. The van der Waals surface area contributed by atoms with E-state index in [1.165, 1.54) is 11.8 Å². The van der Waals surface area contributed by atoms with Crippen molar-refractivity contribution in [2.45, 2.75) is 9.42 Å². The second kappa shape index (κ2) is 5.21. The molecule has 2 atom stereocenters. The molecule has 0 spiro atoms. The molecule has 0 radical (unpaired) electrons. The van der Waals surface area contributed by atoms with Gasteiger partial charge in [0.1, 0.15) is 0 Å². The number of hydrogen-bond acceptors (Lipinski definition) is 1. The number of halogens is 2. The smallest absolute Gasteiger partial charge is 0.0985 e. The van der Waals surface area contributed by atoms with Crippen LogP contribution in [0.4, 0.5) is 0 Å². The number of hydrogen-bond donors (Lipinski definition) is 0. The third-order valence-corrected chi connectivity index (χ3v) is 2.51. The topological polar surface area (TPSA) is 0 Å². The van der Waals surface area contributed by atoms with Gasteiger partial charge in [0, 0.05) is 0 Å². The average molecular weight is 183 g/mol. The summed E-state index contributed by atoms with van der Waals surface area (Å²) in [4.78, 5) is 0. The van der Waals surface area contributed by atoms with Crippen LogP contribution in [-0.2, 0) is 0 Å². The minimum Gasteiger partial charge on any atom is -0.114 e. The second-order valence-electron chi connectivity index (χ2n) is 1.31. The van der Waals surface area contributed by atoms with Gasteiger partial charge < -0.3 is 0 Å². The molecule has 0 aromatic carbocycles. The standard InChI is InChI=1S/C6H8Cl2S/c1-3-5(7)9-6(8)4-2/h3-6H,1-2H2. The normalized spacial score (nSPS) is 16.2. The van der Waals surface area contributed by atoms with Crippen LogP contribution in [0.25, 0.3) is 0 Å². The van der Waals surface area contributed by atoms with Gasteiger partial charge in [-0.15, -0.1) is 48.1 Å². The summed E-state index contributed by atoms with van der Waals surface area (Å²) in [6.07, 6.45) is 3.26. The van der Waals surface area contributed by atoms with Crippen LogP contribution >= 0.6 is 35.0 Å². The Kier molecular flexibility index (Phi) is 5.45. The first-order valence-corrected chi connectivity index (χ1v) is 4.21. The molecule has 0 amide bonds. The molecule has 0 aromatic rings. The first kappa shape index (κ1) is 9.41. The Morgan fingerprint density at radius 3 is 1.67 bits per heavy atom. The molecule has 0 bridgehead atoms. The van der Waals surface area contributed by atoms with E-state index in [-0.39, 0.29) is 9.42 Å². The lowest BCUT2D eigenvalue weighted by atomic mass is 10.7. The van der Waals surface area contributed by atoms with Crippen LogP contribution in [0.2, 0.25) is 0 Å². The second-order valence-corrected chi connectivity index (χ2v) is 4.06. The Morgan fingerprint density at radius 2 is 1.44 bits per heavy atom. The Labute approximate surface area is 69.9 Å². The summed E-state index contributed by atoms with van der Waals surface area (Å²) < 4.78 is -0.240. The summed E-state index contributed by atoms with van der Waals surface area (Å²) in [6.45, 7) is 7.00. The first-order valence-electron chi connectivity index (χ1n) is 2.39. The summed E-state index contributed by atoms with van der Waals surface area (Å²) in [7, 11) is 0. The monoisotopic (exact) mass is 182 g/mol. The molecule has 0 aliphatic rings. The van der Waals surface area contributed by atoms with Crippen LogP contribution in [0.5, 0.6) is 0 Å². The van der Waals surface area contributed by atoms with Gasteiger partial charge in [0.15, 0.2) is 0 Å². The molecule has 0 saturated heterocycles. The van der Waals surface area contributed by atoms with E-state index in [2.05, 4.69) is 13.2 Å². The van der Waals surface area contributed by atoms with Crippen molar-refractivity contribution >= 4 is 35.0 Å². The molecule has 52 valence electrons. The highest BCUT2D eigenvalue weighted by Crippen LogP contribution is 2.24. The van der Waals surface area contributed by atoms with E-state index in [9.17, 15) is 0 Å². The van der Waals surface area contributed by atoms with Crippen molar-refractivity contribution in [1.82, 2.24) is 0 Å². The fourth-order valence-corrected chi connectivity index (χ4v) is 1.53. The summed E-state index contributed by atoms with van der Waals surface area (Å²) in [6, 6.07) is 0. The maximum atomic E-state index is 5.65. The lowest BCUT2D eigenvalue weighted by Crippen LogP contribution is -1.91. The molecule has 0 aliphatic heterocycles. The summed E-state index contributed by atoms with van der Waals surface area (Å²) >= 11 is 12.7. The van der Waals surface area contributed by atoms with Crippen LogP contribution in [0.15, 0.2) is 25.3 Å². The Bertz CT molecular complexity index is 91.2. The molecular formula is C6H8Cl2S. The van der Waals surface area contributed by atoms with Crippen molar-refractivity contribution in [3.8, 4) is 0 Å². The fourth-order valence-electron chi connectivity index (χ4n) is 0.235. The van der Waals surface area contributed by atoms with Gasteiger partial charge in [-0.3, -0.25) is 0 Å². The van der Waals surface area contributed by atoms with Crippen molar-refractivity contribution in [2.24, 2.45) is 0 Å². The van der Waals surface area contributed by atoms with E-state index in [0.717, 1.165) is 0 Å². The largest absolute Gasteiger partial charge is 0.114 e. The van der Waals surface area contributed by atoms with E-state index < -0.39 is 0 Å². The predicted molar refractivity (Wildman–Crippen MR) is 47.3 cm³/mol. The number of rotatable bonds is 4. The first-order chi connectivity index (χ1) is 4.20. The van der Waals surface area contributed by atoms with Crippen LogP contribution in [0, 0.1) is 0 Å². The minimum atomic E-state index is -0.120. The van der Waals surface area contributed by atoms with Crippen molar-refractivity contribution in [2.75, 3.05) is 0 Å². The van der Waals surface area contributed by atoms with Crippen molar-refractivity contribution in [1.29, 1.82) is 0 Å². The van der Waals surface area contributed by atoms with E-state index in [1.807, 2.05) is 0 Å². The van der Waals surface area contributed by atoms with Gasteiger partial charge in [0.05, 0.1) is 9.42 Å². The molecule has 0 aliphatic carbocycles. The average Bonchev–Trinajstić information content (AvgIpc) is 1.87. The van der Waals surface area contributed by atoms with Crippen LogP contribution in [0.3, 0.4) is 0 Å². The highest BCUT2D eigenvalue weighted by atomic mass is 35.5. The molecule has 0 nitrogen and oxygen atoms in total. The molecule has 0 fully saturated rings. The molecule has 0 saturated carbocycles. The molecule has 0 aromatic heterocycles. The summed E-state index contributed by atoms with van der Waals surface area (Å²) in [5.41, 5.74) is 0. The van der Waals surface area contributed by atoms with Crippen molar-refractivity contribution < 1.29 is 0 Å². The molecule has 3 heteroatoms. The summed E-state index contributed by atoms with van der Waals surface area (Å²) in [5, 5.41) is 0. The van der Waals surface area contributed by atoms with Crippen LogP contribution in [0.1, 0.15) is 0 Å². The van der Waals surface area contributed by atoms with Gasteiger partial charge >= 0.3 is 0 Å². The number of alkyl halides is 2.